The third kappa shape index (κ3) is 4.89. The van der Waals surface area contributed by atoms with Crippen LogP contribution in [0.4, 0.5) is 0 Å². The van der Waals surface area contributed by atoms with Gasteiger partial charge in [0.05, 0.1) is 12.2 Å². The lowest BCUT2D eigenvalue weighted by Gasteiger charge is -2.17. The number of hydrogen-bond acceptors (Lipinski definition) is 4. The summed E-state index contributed by atoms with van der Waals surface area (Å²) < 4.78 is 32.0. The molecule has 0 radical (unpaired) electrons. The van der Waals surface area contributed by atoms with Gasteiger partial charge in [-0.15, -0.1) is 0 Å². The van der Waals surface area contributed by atoms with Gasteiger partial charge in [-0.05, 0) is 17.7 Å². The Kier molecular flexibility index (Phi) is 6.08. The highest BCUT2D eigenvalue weighted by Gasteiger charge is 2.17. The zero-order valence-corrected chi connectivity index (χ0v) is 12.2. The average Bonchev–Trinajstić information content (AvgIpc) is 2.39. The first-order valence-corrected chi connectivity index (χ1v) is 7.33. The molecule has 0 aliphatic carbocycles. The average molecular weight is 302 g/mol. The molecule has 0 amide bonds. The van der Waals surface area contributed by atoms with Crippen molar-refractivity contribution in [3.05, 3.63) is 35.4 Å². The lowest BCUT2D eigenvalue weighted by Crippen LogP contribution is -2.39. The second-order valence-electron chi connectivity index (χ2n) is 4.15. The quantitative estimate of drug-likeness (QED) is 0.673. The van der Waals surface area contributed by atoms with Crippen molar-refractivity contribution in [3.8, 4) is 0 Å². The van der Waals surface area contributed by atoms with Gasteiger partial charge in [0.1, 0.15) is 0 Å². The number of methoxy groups -OCH3 is 1. The minimum atomic E-state index is -3.57. The van der Waals surface area contributed by atoms with Gasteiger partial charge in [0.15, 0.2) is 0 Å². The summed E-state index contributed by atoms with van der Waals surface area (Å²) in [5.74, 6) is -1.02. The molecular formula is C12H18N2O5S. The van der Waals surface area contributed by atoms with Gasteiger partial charge in [0.25, 0.3) is 10.2 Å². The minimum absolute atomic E-state index is 0.155. The molecule has 112 valence electrons. The molecule has 2 N–H and O–H groups in total. The summed E-state index contributed by atoms with van der Waals surface area (Å²) in [6.45, 7) is 0.643. The number of carboxylic acid groups (broad SMARTS) is 1. The topological polar surface area (TPSA) is 95.9 Å². The maximum atomic E-state index is 11.9. The highest BCUT2D eigenvalue weighted by atomic mass is 32.2. The van der Waals surface area contributed by atoms with Gasteiger partial charge in [-0.2, -0.15) is 17.4 Å². The van der Waals surface area contributed by atoms with Crippen LogP contribution in [-0.2, 0) is 21.5 Å². The van der Waals surface area contributed by atoms with E-state index < -0.39 is 16.2 Å². The van der Waals surface area contributed by atoms with Crippen LogP contribution in [0.2, 0.25) is 0 Å². The van der Waals surface area contributed by atoms with E-state index >= 15 is 0 Å². The Balaban J connectivity index is 2.65. The van der Waals surface area contributed by atoms with Crippen LogP contribution >= 0.6 is 0 Å². The Morgan fingerprint density at radius 2 is 1.95 bits per heavy atom. The van der Waals surface area contributed by atoms with Gasteiger partial charge in [0, 0.05) is 27.2 Å². The van der Waals surface area contributed by atoms with Crippen molar-refractivity contribution in [1.29, 1.82) is 0 Å². The molecule has 0 spiro atoms. The number of hydrogen-bond donors (Lipinski definition) is 2. The van der Waals surface area contributed by atoms with Crippen LogP contribution in [-0.4, -0.2) is 51.1 Å². The number of aromatic carboxylic acids is 1. The molecule has 0 saturated heterocycles. The van der Waals surface area contributed by atoms with Gasteiger partial charge in [-0.25, -0.2) is 4.79 Å². The molecule has 1 aromatic carbocycles. The molecule has 0 bridgehead atoms. The largest absolute Gasteiger partial charge is 0.478 e. The molecule has 0 aliphatic rings. The van der Waals surface area contributed by atoms with Crippen molar-refractivity contribution in [1.82, 2.24) is 9.03 Å². The number of rotatable bonds is 8. The Bertz CT molecular complexity index is 541. The predicted molar refractivity (Wildman–Crippen MR) is 73.7 cm³/mol. The lowest BCUT2D eigenvalue weighted by molar-refractivity contribution is 0.0697. The van der Waals surface area contributed by atoms with Crippen molar-refractivity contribution >= 4 is 16.2 Å². The molecule has 1 rings (SSSR count). The summed E-state index contributed by atoms with van der Waals surface area (Å²) in [4.78, 5) is 10.7. The van der Waals surface area contributed by atoms with E-state index in [1.165, 1.54) is 26.3 Å². The highest BCUT2D eigenvalue weighted by Crippen LogP contribution is 2.08. The Labute approximate surface area is 118 Å². The number of nitrogens with zero attached hydrogens (tertiary/aromatic N) is 1. The van der Waals surface area contributed by atoms with Gasteiger partial charge in [0.2, 0.25) is 0 Å². The summed E-state index contributed by atoms with van der Waals surface area (Å²) in [6.07, 6.45) is 0. The third-order valence-corrected chi connectivity index (χ3v) is 4.13. The van der Waals surface area contributed by atoms with E-state index in [-0.39, 0.29) is 18.7 Å². The van der Waals surface area contributed by atoms with E-state index in [0.717, 1.165) is 4.31 Å². The van der Waals surface area contributed by atoms with Gasteiger partial charge in [-0.3, -0.25) is 0 Å². The SMILES string of the molecule is COCCNS(=O)(=O)N(C)Cc1ccc(C(=O)O)cc1. The monoisotopic (exact) mass is 302 g/mol. The first-order valence-electron chi connectivity index (χ1n) is 5.89. The molecule has 7 nitrogen and oxygen atoms in total. The summed E-state index contributed by atoms with van der Waals surface area (Å²) in [5, 5.41) is 8.78. The summed E-state index contributed by atoms with van der Waals surface area (Å²) in [5.41, 5.74) is 0.868. The minimum Gasteiger partial charge on any atom is -0.478 e. The molecule has 8 heteroatoms. The first kappa shape index (κ1) is 16.6. The van der Waals surface area contributed by atoms with Crippen LogP contribution in [0.5, 0.6) is 0 Å². The zero-order valence-electron chi connectivity index (χ0n) is 11.4. The van der Waals surface area contributed by atoms with Crippen molar-refractivity contribution in [3.63, 3.8) is 0 Å². The van der Waals surface area contributed by atoms with Crippen LogP contribution in [0.15, 0.2) is 24.3 Å². The smallest absolute Gasteiger partial charge is 0.335 e. The van der Waals surface area contributed by atoms with Crippen LogP contribution in [0, 0.1) is 0 Å². The lowest BCUT2D eigenvalue weighted by atomic mass is 10.1. The molecule has 20 heavy (non-hydrogen) atoms. The van der Waals surface area contributed by atoms with E-state index in [9.17, 15) is 13.2 Å². The van der Waals surface area contributed by atoms with Crippen molar-refractivity contribution in [2.24, 2.45) is 0 Å². The van der Waals surface area contributed by atoms with Crippen molar-refractivity contribution in [2.75, 3.05) is 27.3 Å². The molecule has 1 aromatic rings. The van der Waals surface area contributed by atoms with Crippen LogP contribution < -0.4 is 4.72 Å². The van der Waals surface area contributed by atoms with Crippen molar-refractivity contribution < 1.29 is 23.1 Å². The number of nitrogens with one attached hydrogen (secondary N) is 1. The molecule has 0 unspecified atom stereocenters. The number of ether oxygens (including phenoxy) is 1. The van der Waals surface area contributed by atoms with Crippen LogP contribution in [0.1, 0.15) is 15.9 Å². The summed E-state index contributed by atoms with van der Waals surface area (Å²) >= 11 is 0. The van der Waals surface area contributed by atoms with Crippen LogP contribution in [0.3, 0.4) is 0 Å². The maximum absolute atomic E-state index is 11.9. The molecule has 0 heterocycles. The Morgan fingerprint density at radius 1 is 1.35 bits per heavy atom. The first-order chi connectivity index (χ1) is 9.36. The third-order valence-electron chi connectivity index (χ3n) is 2.61. The standard InChI is InChI=1S/C12H18N2O5S/c1-14(20(17,18)13-7-8-19-2)9-10-3-5-11(6-4-10)12(15)16/h3-6,13H,7-9H2,1-2H3,(H,15,16). The van der Waals surface area contributed by atoms with E-state index in [1.54, 1.807) is 12.1 Å². The fourth-order valence-corrected chi connectivity index (χ4v) is 2.36. The maximum Gasteiger partial charge on any atom is 0.335 e. The normalized spacial score (nSPS) is 11.8. The van der Waals surface area contributed by atoms with E-state index in [2.05, 4.69) is 4.72 Å². The molecule has 0 aromatic heterocycles. The molecule has 0 saturated carbocycles. The zero-order chi connectivity index (χ0) is 15.2. The van der Waals surface area contributed by atoms with E-state index in [1.807, 2.05) is 0 Å². The fourth-order valence-electron chi connectivity index (χ4n) is 1.48. The molecule has 0 fully saturated rings. The fraction of sp³-hybridized carbons (Fsp3) is 0.417. The molecule has 0 atom stereocenters. The number of benzene rings is 1. The van der Waals surface area contributed by atoms with Gasteiger partial charge in [-0.1, -0.05) is 12.1 Å². The Hall–Kier alpha value is -1.48. The van der Waals surface area contributed by atoms with E-state index in [0.29, 0.717) is 12.2 Å². The number of carbonyl (C=O) groups is 1. The van der Waals surface area contributed by atoms with E-state index in [4.69, 9.17) is 9.84 Å². The van der Waals surface area contributed by atoms with Gasteiger partial charge >= 0.3 is 5.97 Å². The second-order valence-corrected chi connectivity index (χ2v) is 6.01. The van der Waals surface area contributed by atoms with Crippen LogP contribution in [0.25, 0.3) is 0 Å². The molecule has 0 aliphatic heterocycles. The van der Waals surface area contributed by atoms with Crippen molar-refractivity contribution in [2.45, 2.75) is 6.54 Å². The number of carboxylic acids is 1. The predicted octanol–water partition coefficient (Wildman–Crippen LogP) is 0.297. The highest BCUT2D eigenvalue weighted by molar-refractivity contribution is 7.87. The summed E-state index contributed by atoms with van der Waals surface area (Å²) in [7, 11) is -0.637. The van der Waals surface area contributed by atoms with Gasteiger partial charge < -0.3 is 9.84 Å². The second kappa shape index (κ2) is 7.34. The summed E-state index contributed by atoms with van der Waals surface area (Å²) in [6, 6.07) is 6.06. The molecular weight excluding hydrogens is 284 g/mol. The Morgan fingerprint density at radius 3 is 2.45 bits per heavy atom.